The normalized spacial score (nSPS) is 18.3. The number of hydrogen-bond acceptors (Lipinski definition) is 3. The smallest absolute Gasteiger partial charge is 0.126 e. The van der Waals surface area contributed by atoms with Gasteiger partial charge in [0.1, 0.15) is 6.04 Å². The van der Waals surface area contributed by atoms with Gasteiger partial charge in [-0.25, -0.2) is 0 Å². The molecule has 1 aromatic heterocycles. The van der Waals surface area contributed by atoms with E-state index in [1.165, 1.54) is 10.9 Å². The van der Waals surface area contributed by atoms with E-state index in [0.717, 1.165) is 18.7 Å². The Labute approximate surface area is 112 Å². The van der Waals surface area contributed by atoms with Crippen LogP contribution in [0.25, 0.3) is 10.9 Å². The Kier molecular flexibility index (Phi) is 3.24. The second-order valence-electron chi connectivity index (χ2n) is 4.89. The summed E-state index contributed by atoms with van der Waals surface area (Å²) in [6, 6.07) is 10.5. The van der Waals surface area contributed by atoms with Crippen LogP contribution in [0.15, 0.2) is 30.5 Å². The van der Waals surface area contributed by atoms with E-state index < -0.39 is 0 Å². The van der Waals surface area contributed by atoms with Crippen molar-refractivity contribution in [2.75, 3.05) is 26.3 Å². The van der Waals surface area contributed by atoms with Crippen LogP contribution in [0.3, 0.4) is 0 Å². The lowest BCUT2D eigenvalue weighted by Crippen LogP contribution is -2.38. The fourth-order valence-electron chi connectivity index (χ4n) is 2.77. The second-order valence-corrected chi connectivity index (χ2v) is 4.89. The molecule has 0 radical (unpaired) electrons. The Morgan fingerprint density at radius 3 is 2.74 bits per heavy atom. The molecule has 1 aromatic carbocycles. The van der Waals surface area contributed by atoms with Crippen LogP contribution in [0.1, 0.15) is 11.6 Å². The fraction of sp³-hybridized carbons (Fsp3) is 0.400. The molecule has 0 N–H and O–H groups in total. The summed E-state index contributed by atoms with van der Waals surface area (Å²) in [5.41, 5.74) is 2.27. The molecule has 2 aromatic rings. The van der Waals surface area contributed by atoms with Crippen molar-refractivity contribution in [3.63, 3.8) is 0 Å². The van der Waals surface area contributed by atoms with Gasteiger partial charge in [0.05, 0.1) is 19.3 Å². The number of nitrogens with zero attached hydrogens (tertiary/aromatic N) is 3. The average molecular weight is 255 g/mol. The molecule has 98 valence electrons. The third-order valence-corrected chi connectivity index (χ3v) is 3.76. The Balaban J connectivity index is 2.04. The number of morpholine rings is 1. The zero-order valence-electron chi connectivity index (χ0n) is 11.0. The highest BCUT2D eigenvalue weighted by Crippen LogP contribution is 2.29. The number of aryl methyl sites for hydroxylation is 1. The molecule has 0 bridgehead atoms. The molecule has 1 aliphatic rings. The monoisotopic (exact) mass is 255 g/mol. The molecular formula is C15H17N3O. The van der Waals surface area contributed by atoms with Crippen molar-refractivity contribution >= 4 is 10.9 Å². The van der Waals surface area contributed by atoms with Gasteiger partial charge in [-0.15, -0.1) is 0 Å². The van der Waals surface area contributed by atoms with Gasteiger partial charge in [-0.3, -0.25) is 4.90 Å². The van der Waals surface area contributed by atoms with E-state index in [1.807, 2.05) is 19.2 Å². The van der Waals surface area contributed by atoms with Crippen molar-refractivity contribution in [1.82, 2.24) is 9.47 Å². The van der Waals surface area contributed by atoms with E-state index >= 15 is 0 Å². The molecule has 19 heavy (non-hydrogen) atoms. The van der Waals surface area contributed by atoms with Gasteiger partial charge >= 0.3 is 0 Å². The van der Waals surface area contributed by atoms with E-state index in [2.05, 4.69) is 33.9 Å². The van der Waals surface area contributed by atoms with Gasteiger partial charge in [0.2, 0.25) is 0 Å². The molecule has 3 rings (SSSR count). The molecule has 4 nitrogen and oxygen atoms in total. The van der Waals surface area contributed by atoms with Crippen LogP contribution in [0.5, 0.6) is 0 Å². The molecule has 0 amide bonds. The number of aromatic nitrogens is 1. The largest absolute Gasteiger partial charge is 0.379 e. The maximum Gasteiger partial charge on any atom is 0.126 e. The molecule has 2 heterocycles. The lowest BCUT2D eigenvalue weighted by Gasteiger charge is -2.30. The SMILES string of the molecule is Cn1cc(C(C#N)N2CCOCC2)c2ccccc21. The van der Waals surface area contributed by atoms with Gasteiger partial charge in [0, 0.05) is 42.8 Å². The lowest BCUT2D eigenvalue weighted by atomic mass is 10.1. The maximum atomic E-state index is 9.56. The van der Waals surface area contributed by atoms with Crippen LogP contribution in [-0.2, 0) is 11.8 Å². The minimum absolute atomic E-state index is 0.185. The predicted octanol–water partition coefficient (Wildman–Crippen LogP) is 2.08. The summed E-state index contributed by atoms with van der Waals surface area (Å²) < 4.78 is 7.46. The van der Waals surface area contributed by atoms with Crippen molar-refractivity contribution in [3.05, 3.63) is 36.0 Å². The van der Waals surface area contributed by atoms with Crippen molar-refractivity contribution in [2.24, 2.45) is 7.05 Å². The summed E-state index contributed by atoms with van der Waals surface area (Å²) in [5.74, 6) is 0. The minimum atomic E-state index is -0.185. The highest BCUT2D eigenvalue weighted by molar-refractivity contribution is 5.84. The summed E-state index contributed by atoms with van der Waals surface area (Å²) in [5, 5.41) is 10.7. The number of nitriles is 1. The molecule has 0 aliphatic carbocycles. The predicted molar refractivity (Wildman–Crippen MR) is 73.7 cm³/mol. The summed E-state index contributed by atoms with van der Waals surface area (Å²) in [7, 11) is 2.03. The number of ether oxygens (including phenoxy) is 1. The Hall–Kier alpha value is -1.83. The molecule has 1 fully saturated rings. The zero-order valence-corrected chi connectivity index (χ0v) is 11.0. The molecule has 1 aliphatic heterocycles. The number of fused-ring (bicyclic) bond motifs is 1. The summed E-state index contributed by atoms with van der Waals surface area (Å²) in [6.07, 6.45) is 2.08. The van der Waals surface area contributed by atoms with E-state index in [0.29, 0.717) is 13.2 Å². The number of para-hydroxylation sites is 1. The topological polar surface area (TPSA) is 41.2 Å². The highest BCUT2D eigenvalue weighted by Gasteiger charge is 2.25. The summed E-state index contributed by atoms with van der Waals surface area (Å²) in [4.78, 5) is 2.20. The van der Waals surface area contributed by atoms with Gasteiger partial charge in [-0.2, -0.15) is 5.26 Å². The van der Waals surface area contributed by atoms with Crippen LogP contribution in [0, 0.1) is 11.3 Å². The fourth-order valence-corrected chi connectivity index (χ4v) is 2.77. The van der Waals surface area contributed by atoms with Crippen LogP contribution in [-0.4, -0.2) is 35.8 Å². The van der Waals surface area contributed by atoms with E-state index in [9.17, 15) is 5.26 Å². The van der Waals surface area contributed by atoms with Crippen molar-refractivity contribution in [3.8, 4) is 6.07 Å². The van der Waals surface area contributed by atoms with Crippen LogP contribution >= 0.6 is 0 Å². The summed E-state index contributed by atoms with van der Waals surface area (Å²) in [6.45, 7) is 3.06. The molecule has 1 unspecified atom stereocenters. The quantitative estimate of drug-likeness (QED) is 0.825. The number of rotatable bonds is 2. The van der Waals surface area contributed by atoms with Crippen molar-refractivity contribution < 1.29 is 4.74 Å². The number of hydrogen-bond donors (Lipinski definition) is 0. The van der Waals surface area contributed by atoms with E-state index in [-0.39, 0.29) is 6.04 Å². The minimum Gasteiger partial charge on any atom is -0.379 e. The molecule has 0 spiro atoms. The third kappa shape index (κ3) is 2.12. The van der Waals surface area contributed by atoms with Gasteiger partial charge < -0.3 is 9.30 Å². The van der Waals surface area contributed by atoms with Crippen LogP contribution < -0.4 is 0 Å². The highest BCUT2D eigenvalue weighted by atomic mass is 16.5. The van der Waals surface area contributed by atoms with Gasteiger partial charge in [0.25, 0.3) is 0 Å². The van der Waals surface area contributed by atoms with E-state index in [4.69, 9.17) is 4.74 Å². The van der Waals surface area contributed by atoms with E-state index in [1.54, 1.807) is 0 Å². The van der Waals surface area contributed by atoms with Gasteiger partial charge in [-0.05, 0) is 6.07 Å². The second kappa shape index (κ2) is 5.04. The van der Waals surface area contributed by atoms with Crippen LogP contribution in [0.2, 0.25) is 0 Å². The average Bonchev–Trinajstić information content (AvgIpc) is 2.79. The third-order valence-electron chi connectivity index (χ3n) is 3.76. The molecule has 0 saturated carbocycles. The Morgan fingerprint density at radius 1 is 1.26 bits per heavy atom. The Morgan fingerprint density at radius 2 is 2.00 bits per heavy atom. The first kappa shape index (κ1) is 12.2. The van der Waals surface area contributed by atoms with Crippen molar-refractivity contribution in [1.29, 1.82) is 5.26 Å². The van der Waals surface area contributed by atoms with Gasteiger partial charge in [0.15, 0.2) is 0 Å². The van der Waals surface area contributed by atoms with Gasteiger partial charge in [-0.1, -0.05) is 18.2 Å². The first-order valence-corrected chi connectivity index (χ1v) is 6.56. The first-order chi connectivity index (χ1) is 9.31. The lowest BCUT2D eigenvalue weighted by molar-refractivity contribution is 0.0268. The maximum absolute atomic E-state index is 9.56. The molecule has 4 heteroatoms. The van der Waals surface area contributed by atoms with Crippen molar-refractivity contribution in [2.45, 2.75) is 6.04 Å². The molecule has 1 atom stereocenters. The zero-order chi connectivity index (χ0) is 13.2. The molecular weight excluding hydrogens is 238 g/mol. The van der Waals surface area contributed by atoms with Crippen LogP contribution in [0.4, 0.5) is 0 Å². The summed E-state index contributed by atoms with van der Waals surface area (Å²) >= 11 is 0. The first-order valence-electron chi connectivity index (χ1n) is 6.56. The number of benzene rings is 1. The standard InChI is InChI=1S/C15H17N3O/c1-17-11-13(12-4-2-3-5-14(12)17)15(10-16)18-6-8-19-9-7-18/h2-5,11,15H,6-9H2,1H3. The Bertz CT molecular complexity index is 620. The molecule has 1 saturated heterocycles.